The number of phenols is 1. The molecule has 6 nitrogen and oxygen atoms in total. The van der Waals surface area contributed by atoms with Crippen molar-refractivity contribution in [1.82, 2.24) is 0 Å². The van der Waals surface area contributed by atoms with Gasteiger partial charge in [0.05, 0.1) is 26.9 Å². The molecule has 6 heteroatoms. The molecule has 3 N–H and O–H groups in total. The fourth-order valence-electron chi connectivity index (χ4n) is 3.35. The van der Waals surface area contributed by atoms with Crippen molar-refractivity contribution < 1.29 is 29.2 Å². The largest absolute Gasteiger partial charge is 0.504 e. The van der Waals surface area contributed by atoms with Crippen LogP contribution < -0.4 is 4.74 Å². The van der Waals surface area contributed by atoms with Gasteiger partial charge >= 0.3 is 5.78 Å². The molecule has 1 aliphatic heterocycles. The number of carbonyl (C=O) groups excluding carboxylic acids is 1. The molecule has 0 aromatic heterocycles. The van der Waals surface area contributed by atoms with Crippen molar-refractivity contribution in [1.29, 1.82) is 0 Å². The van der Waals surface area contributed by atoms with E-state index in [1.165, 1.54) is 14.2 Å². The standard InChI is InChI=1S/C20H22O6/c1-24-18-8-12(3-5-16(18)22)7-14-11-26-20(15(14)10-21)13-4-6-17(23)19(9-13)25-2/h3-9,14-15,20-21,23H,10-11H2,1-2H3/p+1/b12-7-/t14-,15-,20+/m1/s1. The van der Waals surface area contributed by atoms with Gasteiger partial charge in [0.15, 0.2) is 11.5 Å². The summed E-state index contributed by atoms with van der Waals surface area (Å²) in [5.41, 5.74) is 1.73. The minimum atomic E-state index is -0.297. The topological polar surface area (TPSA) is 89.6 Å². The Labute approximate surface area is 152 Å². The lowest BCUT2D eigenvalue weighted by molar-refractivity contribution is 0.0717. The molecule has 2 aliphatic rings. The molecule has 0 spiro atoms. The van der Waals surface area contributed by atoms with E-state index in [-0.39, 0.29) is 36.1 Å². The zero-order valence-corrected chi connectivity index (χ0v) is 14.8. The molecule has 1 heterocycles. The van der Waals surface area contributed by atoms with E-state index >= 15 is 0 Å². The van der Waals surface area contributed by atoms with Crippen LogP contribution in [-0.4, -0.2) is 48.2 Å². The molecule has 1 saturated heterocycles. The first-order chi connectivity index (χ1) is 12.6. The zero-order valence-electron chi connectivity index (χ0n) is 14.8. The molecule has 0 amide bonds. The SMILES string of the molecule is COC1=C/C(=C\[C@@H]2CO[C@@H](c3ccc(O)c(OC)c3)[C@@H]2CO)C=CC1=[OH+]. The normalized spacial score (nSPS) is 26.9. The fourth-order valence-corrected chi connectivity index (χ4v) is 3.35. The Hall–Kier alpha value is -2.57. The molecule has 138 valence electrons. The molecule has 0 unspecified atom stereocenters. The molecule has 0 bridgehead atoms. The van der Waals surface area contributed by atoms with Gasteiger partial charge in [0.25, 0.3) is 0 Å². The lowest BCUT2D eigenvalue weighted by Crippen LogP contribution is -2.18. The van der Waals surface area contributed by atoms with Gasteiger partial charge in [-0.15, -0.1) is 0 Å². The van der Waals surface area contributed by atoms with Gasteiger partial charge in [-0.1, -0.05) is 12.1 Å². The number of allylic oxidation sites excluding steroid dienone is 4. The third kappa shape index (κ3) is 3.52. The molecular weight excluding hydrogens is 336 g/mol. The highest BCUT2D eigenvalue weighted by molar-refractivity contribution is 6.05. The quantitative estimate of drug-likeness (QED) is 0.787. The molecule has 26 heavy (non-hydrogen) atoms. The summed E-state index contributed by atoms with van der Waals surface area (Å²) in [6, 6.07) is 5.07. The van der Waals surface area contributed by atoms with Crippen LogP contribution in [0.4, 0.5) is 0 Å². The first-order valence-electron chi connectivity index (χ1n) is 8.38. The van der Waals surface area contributed by atoms with E-state index in [0.29, 0.717) is 18.1 Å². The van der Waals surface area contributed by atoms with Gasteiger partial charge in [-0.3, -0.25) is 4.79 Å². The summed E-state index contributed by atoms with van der Waals surface area (Å²) in [4.78, 5) is 9.72. The van der Waals surface area contributed by atoms with Crippen molar-refractivity contribution in [3.8, 4) is 11.5 Å². The van der Waals surface area contributed by atoms with Gasteiger partial charge in [0.1, 0.15) is 0 Å². The number of aromatic hydroxyl groups is 1. The number of hydrogen-bond acceptors (Lipinski definition) is 5. The van der Waals surface area contributed by atoms with E-state index in [2.05, 4.69) is 0 Å². The van der Waals surface area contributed by atoms with Crippen molar-refractivity contribution >= 4 is 5.78 Å². The number of ketones is 1. The average molecular weight is 359 g/mol. The van der Waals surface area contributed by atoms with Gasteiger partial charge in [-0.2, -0.15) is 0 Å². The summed E-state index contributed by atoms with van der Waals surface area (Å²) in [5, 5.41) is 19.7. The maximum absolute atomic E-state index is 9.93. The van der Waals surface area contributed by atoms with E-state index in [0.717, 1.165) is 11.1 Å². The Morgan fingerprint density at radius 2 is 2.08 bits per heavy atom. The van der Waals surface area contributed by atoms with Crippen LogP contribution in [0.15, 0.2) is 53.8 Å². The molecule has 1 aromatic rings. The predicted molar refractivity (Wildman–Crippen MR) is 96.7 cm³/mol. The molecule has 1 aromatic carbocycles. The van der Waals surface area contributed by atoms with Crippen LogP contribution in [0.2, 0.25) is 0 Å². The highest BCUT2D eigenvalue weighted by Crippen LogP contribution is 2.41. The molecular formula is C20H23O6+. The second-order valence-electron chi connectivity index (χ2n) is 6.29. The van der Waals surface area contributed by atoms with Gasteiger partial charge in [0, 0.05) is 24.5 Å². The number of phenolic OH excluding ortho intramolecular Hbond substituents is 1. The number of benzene rings is 1. The number of methoxy groups -OCH3 is 2. The summed E-state index contributed by atoms with van der Waals surface area (Å²) in [7, 11) is 2.99. The van der Waals surface area contributed by atoms with E-state index in [9.17, 15) is 15.0 Å². The Morgan fingerprint density at radius 1 is 1.27 bits per heavy atom. The first-order valence-corrected chi connectivity index (χ1v) is 8.38. The minimum Gasteiger partial charge on any atom is -0.504 e. The summed E-state index contributed by atoms with van der Waals surface area (Å²) >= 11 is 0. The van der Waals surface area contributed by atoms with Crippen LogP contribution in [0, 0.1) is 11.8 Å². The van der Waals surface area contributed by atoms with Gasteiger partial charge < -0.3 is 24.4 Å². The monoisotopic (exact) mass is 359 g/mol. The summed E-state index contributed by atoms with van der Waals surface area (Å²) in [5.74, 6) is 0.786. The first kappa shape index (κ1) is 18.2. The smallest absolute Gasteiger partial charge is 0.381 e. The van der Waals surface area contributed by atoms with E-state index in [1.54, 1.807) is 36.4 Å². The van der Waals surface area contributed by atoms with Crippen molar-refractivity contribution in [2.24, 2.45) is 11.8 Å². The number of aliphatic hydroxyl groups excluding tert-OH is 1. The maximum atomic E-state index is 9.93. The molecule has 3 rings (SSSR count). The van der Waals surface area contributed by atoms with Crippen LogP contribution in [0.3, 0.4) is 0 Å². The van der Waals surface area contributed by atoms with Crippen molar-refractivity contribution in [2.45, 2.75) is 6.10 Å². The van der Waals surface area contributed by atoms with E-state index in [1.807, 2.05) is 6.08 Å². The highest BCUT2D eigenvalue weighted by Gasteiger charge is 2.37. The van der Waals surface area contributed by atoms with Crippen molar-refractivity contribution in [2.75, 3.05) is 27.4 Å². The molecule has 1 fully saturated rings. The average Bonchev–Trinajstić information content (AvgIpc) is 3.06. The fraction of sp³-hybridized carbons (Fsp3) is 0.350. The van der Waals surface area contributed by atoms with Crippen LogP contribution in [-0.2, 0) is 9.47 Å². The second-order valence-corrected chi connectivity index (χ2v) is 6.29. The highest BCUT2D eigenvalue weighted by atomic mass is 16.5. The summed E-state index contributed by atoms with van der Waals surface area (Å²) in [6.45, 7) is 0.423. The van der Waals surface area contributed by atoms with Crippen LogP contribution >= 0.6 is 0 Å². The van der Waals surface area contributed by atoms with Crippen molar-refractivity contribution in [3.63, 3.8) is 0 Å². The Kier molecular flexibility index (Phi) is 5.44. The third-order valence-corrected chi connectivity index (χ3v) is 4.76. The van der Waals surface area contributed by atoms with Crippen LogP contribution in [0.5, 0.6) is 11.5 Å². The minimum absolute atomic E-state index is 0.000882. The second kappa shape index (κ2) is 7.76. The Morgan fingerprint density at radius 3 is 2.77 bits per heavy atom. The van der Waals surface area contributed by atoms with Crippen LogP contribution in [0.1, 0.15) is 11.7 Å². The molecule has 3 atom stereocenters. The van der Waals surface area contributed by atoms with Gasteiger partial charge in [-0.05, 0) is 35.4 Å². The van der Waals surface area contributed by atoms with Gasteiger partial charge in [0.2, 0.25) is 5.76 Å². The van der Waals surface area contributed by atoms with E-state index < -0.39 is 0 Å². The zero-order chi connectivity index (χ0) is 18.7. The number of hydrogen-bond donors (Lipinski definition) is 2. The Balaban J connectivity index is 1.84. The molecule has 0 saturated carbocycles. The van der Waals surface area contributed by atoms with Gasteiger partial charge in [-0.25, -0.2) is 0 Å². The number of ether oxygens (including phenoxy) is 3. The summed E-state index contributed by atoms with van der Waals surface area (Å²) < 4.78 is 16.2. The Bertz CT molecular complexity index is 777. The number of rotatable bonds is 5. The molecule has 1 aliphatic carbocycles. The maximum Gasteiger partial charge on any atom is 0.381 e. The van der Waals surface area contributed by atoms with Crippen LogP contribution in [0.25, 0.3) is 0 Å². The summed E-state index contributed by atoms with van der Waals surface area (Å²) in [6.07, 6.45) is 6.84. The lowest BCUT2D eigenvalue weighted by Gasteiger charge is -2.20. The number of aliphatic hydroxyl groups is 1. The predicted octanol–water partition coefficient (Wildman–Crippen LogP) is 2.27. The molecule has 0 radical (unpaired) electrons. The lowest BCUT2D eigenvalue weighted by atomic mass is 9.86. The third-order valence-electron chi connectivity index (χ3n) is 4.76. The van der Waals surface area contributed by atoms with E-state index in [4.69, 9.17) is 14.2 Å². The van der Waals surface area contributed by atoms with Crippen molar-refractivity contribution in [3.05, 3.63) is 59.4 Å².